The van der Waals surface area contributed by atoms with Crippen LogP contribution in [-0.4, -0.2) is 18.2 Å². The zero-order valence-electron chi connectivity index (χ0n) is 14.8. The number of nitrogens with two attached hydrogens (primary N) is 1. The van der Waals surface area contributed by atoms with E-state index in [0.29, 0.717) is 0 Å². The van der Waals surface area contributed by atoms with Gasteiger partial charge < -0.3 is 10.5 Å². The Morgan fingerprint density at radius 1 is 1.00 bits per heavy atom. The zero-order valence-corrected chi connectivity index (χ0v) is 14.8. The van der Waals surface area contributed by atoms with Crippen molar-refractivity contribution in [3.8, 4) is 0 Å². The number of rotatable bonds is 11. The zero-order chi connectivity index (χ0) is 15.6. The first kappa shape index (κ1) is 19.0. The predicted molar refractivity (Wildman–Crippen MR) is 92.6 cm³/mol. The Kier molecular flexibility index (Phi) is 9.59. The Hall–Kier alpha value is -0.0800. The predicted octanol–water partition coefficient (Wildman–Crippen LogP) is 5.44. The normalized spacial score (nSPS) is 27.7. The fourth-order valence-electron chi connectivity index (χ4n) is 3.74. The minimum Gasteiger partial charge on any atom is -0.374 e. The minimum absolute atomic E-state index is 0.0104. The van der Waals surface area contributed by atoms with Crippen LogP contribution in [0.5, 0.6) is 0 Å². The van der Waals surface area contributed by atoms with Gasteiger partial charge in [0.15, 0.2) is 0 Å². The lowest BCUT2D eigenvalue weighted by Gasteiger charge is -2.43. The Balaban J connectivity index is 2.25. The molecular weight excluding hydrogens is 258 g/mol. The molecule has 1 atom stereocenters. The summed E-state index contributed by atoms with van der Waals surface area (Å²) in [5.74, 6) is 0.851. The third kappa shape index (κ3) is 6.69. The topological polar surface area (TPSA) is 35.2 Å². The van der Waals surface area contributed by atoms with Gasteiger partial charge in [0, 0.05) is 12.6 Å². The van der Waals surface area contributed by atoms with Crippen LogP contribution in [0, 0.1) is 5.92 Å². The highest BCUT2D eigenvalue weighted by Crippen LogP contribution is 2.38. The SMILES string of the molecule is CCCCCCCCCC(N)C1(OCC)CCC(C)CC1. The van der Waals surface area contributed by atoms with E-state index in [1.807, 2.05) is 0 Å². The van der Waals surface area contributed by atoms with Gasteiger partial charge >= 0.3 is 0 Å². The molecule has 1 fully saturated rings. The number of hydrogen-bond donors (Lipinski definition) is 1. The first-order valence-electron chi connectivity index (χ1n) is 9.54. The summed E-state index contributed by atoms with van der Waals surface area (Å²) in [5.41, 5.74) is 6.54. The summed E-state index contributed by atoms with van der Waals surface area (Å²) in [6.45, 7) is 7.55. The summed E-state index contributed by atoms with van der Waals surface area (Å²) in [6.07, 6.45) is 15.6. The van der Waals surface area contributed by atoms with Crippen molar-refractivity contribution in [2.24, 2.45) is 11.7 Å². The largest absolute Gasteiger partial charge is 0.374 e. The van der Waals surface area contributed by atoms with E-state index in [9.17, 15) is 0 Å². The lowest BCUT2D eigenvalue weighted by molar-refractivity contribution is -0.0902. The maximum Gasteiger partial charge on any atom is 0.0832 e. The molecule has 2 heteroatoms. The van der Waals surface area contributed by atoms with Gasteiger partial charge in [-0.3, -0.25) is 0 Å². The Morgan fingerprint density at radius 2 is 1.57 bits per heavy atom. The molecular formula is C19H39NO. The third-order valence-corrected chi connectivity index (χ3v) is 5.35. The van der Waals surface area contributed by atoms with Crippen molar-refractivity contribution in [2.45, 2.75) is 109 Å². The van der Waals surface area contributed by atoms with Crippen molar-refractivity contribution >= 4 is 0 Å². The van der Waals surface area contributed by atoms with E-state index >= 15 is 0 Å². The molecule has 2 nitrogen and oxygen atoms in total. The van der Waals surface area contributed by atoms with Gasteiger partial charge in [0.1, 0.15) is 0 Å². The van der Waals surface area contributed by atoms with Gasteiger partial charge in [0.05, 0.1) is 5.60 Å². The minimum atomic E-state index is -0.0104. The molecule has 0 aliphatic heterocycles. The molecule has 0 aromatic heterocycles. The maximum absolute atomic E-state index is 6.55. The lowest BCUT2D eigenvalue weighted by Crippen LogP contribution is -2.52. The van der Waals surface area contributed by atoms with Gasteiger partial charge in [-0.05, 0) is 44.9 Å². The average molecular weight is 298 g/mol. The van der Waals surface area contributed by atoms with Gasteiger partial charge in [-0.15, -0.1) is 0 Å². The van der Waals surface area contributed by atoms with Crippen LogP contribution in [0.4, 0.5) is 0 Å². The highest BCUT2D eigenvalue weighted by atomic mass is 16.5. The Labute approximate surface area is 133 Å². The van der Waals surface area contributed by atoms with Crippen molar-refractivity contribution in [3.05, 3.63) is 0 Å². The summed E-state index contributed by atoms with van der Waals surface area (Å²) in [7, 11) is 0. The molecule has 1 aliphatic rings. The average Bonchev–Trinajstić information content (AvgIpc) is 2.49. The van der Waals surface area contributed by atoms with Crippen LogP contribution in [0.1, 0.15) is 97.8 Å². The van der Waals surface area contributed by atoms with Gasteiger partial charge in [0.25, 0.3) is 0 Å². The molecule has 0 radical (unpaired) electrons. The molecule has 1 rings (SSSR count). The molecule has 2 N–H and O–H groups in total. The smallest absolute Gasteiger partial charge is 0.0832 e. The standard InChI is InChI=1S/C19H39NO/c1-4-6-7-8-9-10-11-12-18(20)19(21-5-2)15-13-17(3)14-16-19/h17-18H,4-16,20H2,1-3H3. The molecule has 0 amide bonds. The van der Waals surface area contributed by atoms with Crippen molar-refractivity contribution in [1.82, 2.24) is 0 Å². The molecule has 1 aliphatic carbocycles. The van der Waals surface area contributed by atoms with Crippen LogP contribution in [0.25, 0.3) is 0 Å². The van der Waals surface area contributed by atoms with E-state index in [1.54, 1.807) is 0 Å². The van der Waals surface area contributed by atoms with E-state index in [1.165, 1.54) is 70.6 Å². The molecule has 0 spiro atoms. The summed E-state index contributed by atoms with van der Waals surface area (Å²) in [6, 6.07) is 0.237. The van der Waals surface area contributed by atoms with Crippen LogP contribution in [0.3, 0.4) is 0 Å². The second-order valence-electron chi connectivity index (χ2n) is 7.20. The Bertz CT molecular complexity index is 246. The van der Waals surface area contributed by atoms with Gasteiger partial charge in [0.2, 0.25) is 0 Å². The van der Waals surface area contributed by atoms with Crippen molar-refractivity contribution in [2.75, 3.05) is 6.61 Å². The van der Waals surface area contributed by atoms with E-state index in [4.69, 9.17) is 10.5 Å². The van der Waals surface area contributed by atoms with Crippen LogP contribution >= 0.6 is 0 Å². The fourth-order valence-corrected chi connectivity index (χ4v) is 3.74. The first-order valence-corrected chi connectivity index (χ1v) is 9.54. The van der Waals surface area contributed by atoms with Crippen molar-refractivity contribution in [1.29, 1.82) is 0 Å². The van der Waals surface area contributed by atoms with E-state index in [0.717, 1.165) is 18.9 Å². The summed E-state index contributed by atoms with van der Waals surface area (Å²) in [4.78, 5) is 0. The van der Waals surface area contributed by atoms with Crippen LogP contribution in [0.15, 0.2) is 0 Å². The van der Waals surface area contributed by atoms with Crippen molar-refractivity contribution in [3.63, 3.8) is 0 Å². The number of unbranched alkanes of at least 4 members (excludes halogenated alkanes) is 6. The molecule has 0 bridgehead atoms. The summed E-state index contributed by atoms with van der Waals surface area (Å²) < 4.78 is 6.17. The van der Waals surface area contributed by atoms with E-state index in [-0.39, 0.29) is 11.6 Å². The lowest BCUT2D eigenvalue weighted by atomic mass is 9.74. The first-order chi connectivity index (χ1) is 10.1. The van der Waals surface area contributed by atoms with Crippen LogP contribution in [-0.2, 0) is 4.74 Å². The van der Waals surface area contributed by atoms with Crippen molar-refractivity contribution < 1.29 is 4.74 Å². The summed E-state index contributed by atoms with van der Waals surface area (Å²) in [5, 5.41) is 0. The third-order valence-electron chi connectivity index (χ3n) is 5.35. The molecule has 21 heavy (non-hydrogen) atoms. The molecule has 0 aromatic rings. The molecule has 0 saturated heterocycles. The Morgan fingerprint density at radius 3 is 2.14 bits per heavy atom. The summed E-state index contributed by atoms with van der Waals surface area (Å²) >= 11 is 0. The number of hydrogen-bond acceptors (Lipinski definition) is 2. The van der Waals surface area contributed by atoms with Crippen LogP contribution < -0.4 is 5.73 Å². The fraction of sp³-hybridized carbons (Fsp3) is 1.00. The highest BCUT2D eigenvalue weighted by molar-refractivity contribution is 4.94. The second kappa shape index (κ2) is 10.6. The highest BCUT2D eigenvalue weighted by Gasteiger charge is 2.39. The van der Waals surface area contributed by atoms with E-state index < -0.39 is 0 Å². The van der Waals surface area contributed by atoms with Gasteiger partial charge in [-0.1, -0.05) is 58.8 Å². The van der Waals surface area contributed by atoms with E-state index in [2.05, 4.69) is 20.8 Å². The molecule has 1 unspecified atom stereocenters. The number of ether oxygens (including phenoxy) is 1. The molecule has 0 aromatic carbocycles. The molecule has 0 heterocycles. The maximum atomic E-state index is 6.55. The quantitative estimate of drug-likeness (QED) is 0.515. The monoisotopic (exact) mass is 297 g/mol. The van der Waals surface area contributed by atoms with Gasteiger partial charge in [-0.25, -0.2) is 0 Å². The van der Waals surface area contributed by atoms with Gasteiger partial charge in [-0.2, -0.15) is 0 Å². The molecule has 126 valence electrons. The molecule has 1 saturated carbocycles. The second-order valence-corrected chi connectivity index (χ2v) is 7.20. The van der Waals surface area contributed by atoms with Crippen LogP contribution in [0.2, 0.25) is 0 Å².